The number of aromatic nitrogens is 4. The van der Waals surface area contributed by atoms with Crippen LogP contribution >= 0.6 is 0 Å². The molecule has 0 radical (unpaired) electrons. The van der Waals surface area contributed by atoms with Gasteiger partial charge in [0.2, 0.25) is 5.82 Å². The van der Waals surface area contributed by atoms with Crippen LogP contribution in [0.25, 0.3) is 16.7 Å². The predicted molar refractivity (Wildman–Crippen MR) is 64.2 cm³/mol. The van der Waals surface area contributed by atoms with Gasteiger partial charge in [0, 0.05) is 6.20 Å². The van der Waals surface area contributed by atoms with Gasteiger partial charge in [-0.05, 0) is 12.1 Å². The molecule has 86 valence electrons. The molecule has 0 aliphatic rings. The summed E-state index contributed by atoms with van der Waals surface area (Å²) in [6.45, 7) is 0. The molecule has 18 heavy (non-hydrogen) atoms. The van der Waals surface area contributed by atoms with E-state index in [4.69, 9.17) is 5.26 Å². The molecular formula is C12H7N5O. The first-order chi connectivity index (χ1) is 8.79. The van der Waals surface area contributed by atoms with E-state index in [1.54, 1.807) is 12.1 Å². The highest BCUT2D eigenvalue weighted by atomic mass is 16.1. The molecule has 6 nitrogen and oxygen atoms in total. The van der Waals surface area contributed by atoms with Crippen LogP contribution in [0, 0.1) is 11.3 Å². The summed E-state index contributed by atoms with van der Waals surface area (Å²) < 4.78 is 1.38. The van der Waals surface area contributed by atoms with Gasteiger partial charge < -0.3 is 0 Å². The van der Waals surface area contributed by atoms with Crippen molar-refractivity contribution in [2.75, 3.05) is 0 Å². The minimum Gasteiger partial charge on any atom is -0.273 e. The van der Waals surface area contributed by atoms with Crippen molar-refractivity contribution in [3.63, 3.8) is 0 Å². The predicted octanol–water partition coefficient (Wildman–Crippen LogP) is 0.980. The monoisotopic (exact) mass is 237 g/mol. The van der Waals surface area contributed by atoms with Crippen molar-refractivity contribution in [2.24, 2.45) is 0 Å². The van der Waals surface area contributed by atoms with Gasteiger partial charge in [-0.1, -0.05) is 18.2 Å². The van der Waals surface area contributed by atoms with Crippen LogP contribution in [0.5, 0.6) is 0 Å². The maximum absolute atomic E-state index is 12.1. The van der Waals surface area contributed by atoms with E-state index in [2.05, 4.69) is 15.1 Å². The Kier molecular flexibility index (Phi) is 2.17. The quantitative estimate of drug-likeness (QED) is 0.683. The first-order valence-corrected chi connectivity index (χ1v) is 5.23. The molecule has 3 rings (SSSR count). The number of nitriles is 1. The third-order valence-corrected chi connectivity index (χ3v) is 2.55. The Morgan fingerprint density at radius 2 is 2.06 bits per heavy atom. The van der Waals surface area contributed by atoms with Gasteiger partial charge in [0.1, 0.15) is 11.5 Å². The van der Waals surface area contributed by atoms with Gasteiger partial charge in [-0.2, -0.15) is 10.2 Å². The molecule has 0 spiro atoms. The van der Waals surface area contributed by atoms with Gasteiger partial charge in [0.15, 0.2) is 5.65 Å². The summed E-state index contributed by atoms with van der Waals surface area (Å²) in [7, 11) is 0. The minimum absolute atomic E-state index is 0.0314. The number of H-pyrrole nitrogens is 1. The van der Waals surface area contributed by atoms with E-state index < -0.39 is 0 Å². The van der Waals surface area contributed by atoms with Crippen LogP contribution in [0.15, 0.2) is 41.3 Å². The molecule has 0 atom stereocenters. The summed E-state index contributed by atoms with van der Waals surface area (Å²) in [4.78, 5) is 19.8. The molecule has 0 amide bonds. The molecule has 0 saturated carbocycles. The van der Waals surface area contributed by atoms with Crippen LogP contribution in [0.2, 0.25) is 0 Å². The van der Waals surface area contributed by atoms with Crippen molar-refractivity contribution in [1.82, 2.24) is 19.7 Å². The van der Waals surface area contributed by atoms with E-state index in [0.717, 1.165) is 0 Å². The Labute approximate surface area is 101 Å². The van der Waals surface area contributed by atoms with Gasteiger partial charge >= 0.3 is 0 Å². The maximum atomic E-state index is 12.1. The molecule has 1 N–H and O–H groups in total. The van der Waals surface area contributed by atoms with E-state index in [1.165, 1.54) is 10.9 Å². The van der Waals surface area contributed by atoms with Gasteiger partial charge in [-0.25, -0.2) is 9.67 Å². The lowest BCUT2D eigenvalue weighted by Crippen LogP contribution is -2.13. The molecule has 6 heteroatoms. The molecule has 2 aromatic heterocycles. The average Bonchev–Trinajstić information content (AvgIpc) is 2.76. The van der Waals surface area contributed by atoms with Crippen molar-refractivity contribution >= 4 is 11.0 Å². The zero-order chi connectivity index (χ0) is 12.5. The number of hydrogen-bond donors (Lipinski definition) is 1. The number of fused-ring (bicyclic) bond motifs is 1. The number of hydrogen-bond acceptors (Lipinski definition) is 4. The van der Waals surface area contributed by atoms with E-state index in [0.29, 0.717) is 16.7 Å². The van der Waals surface area contributed by atoms with E-state index in [-0.39, 0.29) is 11.4 Å². The second-order valence-corrected chi connectivity index (χ2v) is 3.66. The minimum atomic E-state index is -0.235. The summed E-state index contributed by atoms with van der Waals surface area (Å²) in [5, 5.41) is 11.9. The molecule has 0 fully saturated rings. The molecule has 0 saturated heterocycles. The Hall–Kier alpha value is -2.94. The first-order valence-electron chi connectivity index (χ1n) is 5.23. The van der Waals surface area contributed by atoms with Crippen LogP contribution < -0.4 is 5.56 Å². The number of para-hydroxylation sites is 1. The smallest absolute Gasteiger partial charge is 0.273 e. The summed E-state index contributed by atoms with van der Waals surface area (Å²) in [6, 6.07) is 11.0. The fourth-order valence-corrected chi connectivity index (χ4v) is 1.71. The molecular weight excluding hydrogens is 230 g/mol. The first kappa shape index (κ1) is 10.2. The molecule has 0 aliphatic carbocycles. The van der Waals surface area contributed by atoms with Crippen LogP contribution in [-0.2, 0) is 0 Å². The summed E-state index contributed by atoms with van der Waals surface area (Å²) in [5.41, 5.74) is 0.829. The standard InChI is InChI=1S/C12H7N5O/c13-6-10-14-7-9-11(15-10)16-17(12(9)18)8-4-2-1-3-5-8/h1-5,7H,(H,14,15,16). The lowest BCUT2D eigenvalue weighted by Gasteiger charge is -1.98. The number of benzene rings is 1. The maximum Gasteiger partial charge on any atom is 0.282 e. The van der Waals surface area contributed by atoms with Crippen molar-refractivity contribution < 1.29 is 0 Å². The Morgan fingerprint density at radius 1 is 1.28 bits per heavy atom. The third-order valence-electron chi connectivity index (χ3n) is 2.55. The van der Waals surface area contributed by atoms with Gasteiger partial charge in [0.05, 0.1) is 5.69 Å². The fraction of sp³-hybridized carbons (Fsp3) is 0. The number of aromatic amines is 1. The molecule has 2 heterocycles. The zero-order valence-corrected chi connectivity index (χ0v) is 9.16. The topological polar surface area (TPSA) is 87.4 Å². The average molecular weight is 237 g/mol. The van der Waals surface area contributed by atoms with Gasteiger partial charge in [-0.3, -0.25) is 9.89 Å². The molecule has 0 unspecified atom stereocenters. The second kappa shape index (κ2) is 3.82. The molecule has 3 aromatic rings. The van der Waals surface area contributed by atoms with E-state index in [1.807, 2.05) is 24.3 Å². The highest BCUT2D eigenvalue weighted by Gasteiger charge is 2.10. The van der Waals surface area contributed by atoms with Crippen molar-refractivity contribution in [3.8, 4) is 11.8 Å². The summed E-state index contributed by atoms with van der Waals surface area (Å²) >= 11 is 0. The van der Waals surface area contributed by atoms with Gasteiger partial charge in [-0.15, -0.1) is 0 Å². The summed E-state index contributed by atoms with van der Waals surface area (Å²) in [6.07, 6.45) is 1.36. The Balaban J connectivity index is 2.30. The number of nitrogens with one attached hydrogen (secondary N) is 1. The lowest BCUT2D eigenvalue weighted by molar-refractivity contribution is 0.858. The van der Waals surface area contributed by atoms with Gasteiger partial charge in [0.25, 0.3) is 5.56 Å². The molecule has 1 aromatic carbocycles. The molecule has 0 aliphatic heterocycles. The largest absolute Gasteiger partial charge is 0.282 e. The number of nitrogens with zero attached hydrogens (tertiary/aromatic N) is 4. The molecule has 0 bridgehead atoms. The Bertz CT molecular complexity index is 810. The highest BCUT2D eigenvalue weighted by molar-refractivity contribution is 5.73. The zero-order valence-electron chi connectivity index (χ0n) is 9.16. The lowest BCUT2D eigenvalue weighted by atomic mass is 10.3. The second-order valence-electron chi connectivity index (χ2n) is 3.66. The van der Waals surface area contributed by atoms with Crippen LogP contribution in [0.4, 0.5) is 0 Å². The van der Waals surface area contributed by atoms with Crippen LogP contribution in [-0.4, -0.2) is 19.7 Å². The highest BCUT2D eigenvalue weighted by Crippen LogP contribution is 2.08. The number of rotatable bonds is 1. The third kappa shape index (κ3) is 1.46. The van der Waals surface area contributed by atoms with Crippen LogP contribution in [0.1, 0.15) is 5.82 Å². The fourth-order valence-electron chi connectivity index (χ4n) is 1.71. The van der Waals surface area contributed by atoms with Crippen molar-refractivity contribution in [3.05, 3.63) is 52.7 Å². The summed E-state index contributed by atoms with van der Waals surface area (Å²) in [5.74, 6) is 0.0314. The Morgan fingerprint density at radius 3 is 2.78 bits per heavy atom. The normalized spacial score (nSPS) is 10.4. The SMILES string of the molecule is N#Cc1ncc2c(=O)n(-c3ccccc3)[nH]c2n1. The van der Waals surface area contributed by atoms with Crippen molar-refractivity contribution in [2.45, 2.75) is 0 Å². The van der Waals surface area contributed by atoms with E-state index >= 15 is 0 Å². The van der Waals surface area contributed by atoms with Crippen molar-refractivity contribution in [1.29, 1.82) is 5.26 Å². The van der Waals surface area contributed by atoms with Crippen LogP contribution in [0.3, 0.4) is 0 Å². The van der Waals surface area contributed by atoms with E-state index in [9.17, 15) is 4.79 Å².